The van der Waals surface area contributed by atoms with E-state index in [-0.39, 0.29) is 0 Å². The summed E-state index contributed by atoms with van der Waals surface area (Å²) >= 11 is 3.65. The highest BCUT2D eigenvalue weighted by atomic mass is 79.9. The quantitative estimate of drug-likeness (QED) is 0.705. The van der Waals surface area contributed by atoms with Gasteiger partial charge in [-0.2, -0.15) is 0 Å². The number of rotatable bonds is 6. The van der Waals surface area contributed by atoms with E-state index >= 15 is 0 Å². The minimum Gasteiger partial charge on any atom is -0.494 e. The predicted molar refractivity (Wildman–Crippen MR) is 68.9 cm³/mol. The zero-order valence-electron chi connectivity index (χ0n) is 9.50. The smallest absolute Gasteiger partial charge is 0.119 e. The van der Waals surface area contributed by atoms with Gasteiger partial charge in [0.25, 0.3) is 0 Å². The third-order valence-electron chi connectivity index (χ3n) is 2.40. The standard InChI is InChI=1S/C13H19BrO/c1-3-12(14)9-8-11-6-5-7-13(10-11)15-4-2/h5-7,10,12H,3-4,8-9H2,1-2H3. The molecule has 1 unspecified atom stereocenters. The van der Waals surface area contributed by atoms with Crippen molar-refractivity contribution in [2.75, 3.05) is 6.61 Å². The normalized spacial score (nSPS) is 12.5. The third-order valence-corrected chi connectivity index (χ3v) is 3.50. The second-order valence-corrected chi connectivity index (χ2v) is 4.92. The highest BCUT2D eigenvalue weighted by molar-refractivity contribution is 9.09. The molecule has 0 aliphatic carbocycles. The Balaban J connectivity index is 2.50. The van der Waals surface area contributed by atoms with Crippen LogP contribution in [0.1, 0.15) is 32.3 Å². The van der Waals surface area contributed by atoms with Gasteiger partial charge in [-0.3, -0.25) is 0 Å². The van der Waals surface area contributed by atoms with Crippen molar-refractivity contribution in [2.45, 2.75) is 37.9 Å². The van der Waals surface area contributed by atoms with E-state index in [0.717, 1.165) is 18.8 Å². The summed E-state index contributed by atoms with van der Waals surface area (Å²) in [5.41, 5.74) is 1.36. The van der Waals surface area contributed by atoms with Gasteiger partial charge in [-0.25, -0.2) is 0 Å². The molecular weight excluding hydrogens is 252 g/mol. The predicted octanol–water partition coefficient (Wildman–Crippen LogP) is 4.19. The summed E-state index contributed by atoms with van der Waals surface area (Å²) in [5.74, 6) is 0.984. The Labute approximate surface area is 101 Å². The second kappa shape index (κ2) is 6.89. The minimum absolute atomic E-state index is 0.633. The lowest BCUT2D eigenvalue weighted by atomic mass is 10.1. The molecule has 0 amide bonds. The number of hydrogen-bond donors (Lipinski definition) is 0. The third kappa shape index (κ3) is 4.70. The van der Waals surface area contributed by atoms with Gasteiger partial charge in [-0.05, 0) is 43.9 Å². The maximum Gasteiger partial charge on any atom is 0.119 e. The van der Waals surface area contributed by atoms with Crippen LogP contribution in [-0.4, -0.2) is 11.4 Å². The average Bonchev–Trinajstić information content (AvgIpc) is 2.27. The van der Waals surface area contributed by atoms with Crippen LogP contribution in [0.4, 0.5) is 0 Å². The molecule has 2 heteroatoms. The first-order chi connectivity index (χ1) is 7.26. The SMILES string of the molecule is CCOc1cccc(CCC(Br)CC)c1. The van der Waals surface area contributed by atoms with Gasteiger partial charge in [-0.1, -0.05) is 35.0 Å². The van der Waals surface area contributed by atoms with E-state index in [0.29, 0.717) is 4.83 Å². The average molecular weight is 271 g/mol. The minimum atomic E-state index is 0.633. The van der Waals surface area contributed by atoms with Crippen molar-refractivity contribution in [2.24, 2.45) is 0 Å². The van der Waals surface area contributed by atoms with Crippen LogP contribution < -0.4 is 4.74 Å². The zero-order chi connectivity index (χ0) is 11.1. The summed E-state index contributed by atoms with van der Waals surface area (Å²) in [6.07, 6.45) is 3.49. The second-order valence-electron chi connectivity index (χ2n) is 3.62. The molecule has 1 aromatic rings. The van der Waals surface area contributed by atoms with Crippen molar-refractivity contribution in [1.29, 1.82) is 0 Å². The van der Waals surface area contributed by atoms with Gasteiger partial charge < -0.3 is 4.74 Å². The van der Waals surface area contributed by atoms with E-state index in [9.17, 15) is 0 Å². The summed E-state index contributed by atoms with van der Waals surface area (Å²) in [4.78, 5) is 0.633. The molecule has 0 saturated heterocycles. The van der Waals surface area contributed by atoms with Crippen LogP contribution in [0.25, 0.3) is 0 Å². The van der Waals surface area contributed by atoms with Crippen LogP contribution in [0.15, 0.2) is 24.3 Å². The van der Waals surface area contributed by atoms with Gasteiger partial charge in [0.05, 0.1) is 6.61 Å². The maximum absolute atomic E-state index is 5.47. The molecule has 0 saturated carbocycles. The number of halogens is 1. The van der Waals surface area contributed by atoms with Crippen molar-refractivity contribution in [1.82, 2.24) is 0 Å². The van der Waals surface area contributed by atoms with Crippen molar-refractivity contribution in [3.05, 3.63) is 29.8 Å². The Morgan fingerprint density at radius 3 is 2.80 bits per heavy atom. The van der Waals surface area contributed by atoms with Gasteiger partial charge in [0.15, 0.2) is 0 Å². The van der Waals surface area contributed by atoms with Crippen molar-refractivity contribution in [3.63, 3.8) is 0 Å². The van der Waals surface area contributed by atoms with E-state index in [1.807, 2.05) is 13.0 Å². The van der Waals surface area contributed by atoms with Crippen LogP contribution in [0.5, 0.6) is 5.75 Å². The van der Waals surface area contributed by atoms with E-state index in [1.54, 1.807) is 0 Å². The molecule has 0 bridgehead atoms. The molecule has 1 rings (SSSR count). The molecule has 1 aromatic carbocycles. The number of benzene rings is 1. The van der Waals surface area contributed by atoms with E-state index < -0.39 is 0 Å². The van der Waals surface area contributed by atoms with Crippen LogP contribution in [0, 0.1) is 0 Å². The van der Waals surface area contributed by atoms with E-state index in [4.69, 9.17) is 4.74 Å². The van der Waals surface area contributed by atoms with E-state index in [2.05, 4.69) is 41.1 Å². The lowest BCUT2D eigenvalue weighted by Crippen LogP contribution is -1.98. The largest absolute Gasteiger partial charge is 0.494 e. The molecule has 0 heterocycles. The van der Waals surface area contributed by atoms with Gasteiger partial charge in [-0.15, -0.1) is 0 Å². The topological polar surface area (TPSA) is 9.23 Å². The van der Waals surface area contributed by atoms with Gasteiger partial charge in [0.1, 0.15) is 5.75 Å². The molecule has 15 heavy (non-hydrogen) atoms. The van der Waals surface area contributed by atoms with Crippen LogP contribution in [-0.2, 0) is 6.42 Å². The summed E-state index contributed by atoms with van der Waals surface area (Å²) in [6.45, 7) is 4.95. The fraction of sp³-hybridized carbons (Fsp3) is 0.538. The van der Waals surface area contributed by atoms with Crippen molar-refractivity contribution in [3.8, 4) is 5.75 Å². The van der Waals surface area contributed by atoms with Crippen molar-refractivity contribution < 1.29 is 4.74 Å². The Morgan fingerprint density at radius 2 is 2.13 bits per heavy atom. The lowest BCUT2D eigenvalue weighted by molar-refractivity contribution is 0.340. The molecular formula is C13H19BrO. The Morgan fingerprint density at radius 1 is 1.33 bits per heavy atom. The number of hydrogen-bond acceptors (Lipinski definition) is 1. The van der Waals surface area contributed by atoms with Gasteiger partial charge in [0.2, 0.25) is 0 Å². The molecule has 1 atom stereocenters. The molecule has 0 aromatic heterocycles. The molecule has 0 aliphatic heterocycles. The van der Waals surface area contributed by atoms with Crippen LogP contribution >= 0.6 is 15.9 Å². The highest BCUT2D eigenvalue weighted by Gasteiger charge is 2.02. The first-order valence-electron chi connectivity index (χ1n) is 5.62. The summed E-state index contributed by atoms with van der Waals surface area (Å²) in [6, 6.07) is 8.38. The van der Waals surface area contributed by atoms with Gasteiger partial charge >= 0.3 is 0 Å². The van der Waals surface area contributed by atoms with Crippen molar-refractivity contribution >= 4 is 15.9 Å². The molecule has 1 nitrogen and oxygen atoms in total. The molecule has 0 fully saturated rings. The van der Waals surface area contributed by atoms with E-state index in [1.165, 1.54) is 18.4 Å². The lowest BCUT2D eigenvalue weighted by Gasteiger charge is -2.08. The fourth-order valence-corrected chi connectivity index (χ4v) is 1.71. The summed E-state index contributed by atoms with van der Waals surface area (Å²) < 4.78 is 5.47. The number of aryl methyl sites for hydroxylation is 1. The zero-order valence-corrected chi connectivity index (χ0v) is 11.1. The molecule has 0 spiro atoms. The Kier molecular flexibility index (Phi) is 5.77. The van der Waals surface area contributed by atoms with Gasteiger partial charge in [0, 0.05) is 4.83 Å². The maximum atomic E-state index is 5.47. The first kappa shape index (κ1) is 12.6. The number of alkyl halides is 1. The fourth-order valence-electron chi connectivity index (χ4n) is 1.48. The molecule has 0 radical (unpaired) electrons. The monoisotopic (exact) mass is 270 g/mol. The first-order valence-corrected chi connectivity index (χ1v) is 6.53. The number of ether oxygens (including phenoxy) is 1. The molecule has 0 aliphatic rings. The Bertz CT molecular complexity index is 286. The summed E-state index contributed by atoms with van der Waals surface area (Å²) in [7, 11) is 0. The highest BCUT2D eigenvalue weighted by Crippen LogP contribution is 2.17. The Hall–Kier alpha value is -0.500. The molecule has 84 valence electrons. The molecule has 0 N–H and O–H groups in total. The van der Waals surface area contributed by atoms with Crippen LogP contribution in [0.2, 0.25) is 0 Å². The summed E-state index contributed by atoms with van der Waals surface area (Å²) in [5, 5.41) is 0. The van der Waals surface area contributed by atoms with Crippen LogP contribution in [0.3, 0.4) is 0 Å².